The third-order valence-corrected chi connectivity index (χ3v) is 21.4. The van der Waals surface area contributed by atoms with Crippen molar-refractivity contribution in [1.82, 2.24) is 9.80 Å². The van der Waals surface area contributed by atoms with E-state index < -0.39 is 0 Å². The Morgan fingerprint density at radius 2 is 0.534 bits per heavy atom. The van der Waals surface area contributed by atoms with E-state index in [0.29, 0.717) is 21.7 Å². The maximum absolute atomic E-state index is 4.14. The second-order valence-corrected chi connectivity index (χ2v) is 29.4. The number of rotatable bonds is 6. The van der Waals surface area contributed by atoms with Crippen molar-refractivity contribution in [2.75, 3.05) is 0 Å². The highest BCUT2D eigenvalue weighted by Crippen LogP contribution is 2.61. The highest BCUT2D eigenvalue weighted by atomic mass is 79.9. The minimum absolute atomic E-state index is 0.397. The van der Waals surface area contributed by atoms with Crippen LogP contribution in [0.2, 0.25) is 0 Å². The van der Waals surface area contributed by atoms with Crippen molar-refractivity contribution < 1.29 is 0 Å². The first kappa shape index (κ1) is 46.9. The molecule has 7 aliphatic carbocycles. The summed E-state index contributed by atoms with van der Waals surface area (Å²) in [6.45, 7) is 30.9. The number of alkyl halides is 2. The molecule has 0 saturated heterocycles. The maximum Gasteiger partial charge on any atom is 0.0164 e. The first-order chi connectivity index (χ1) is 27.1. The molecule has 0 aromatic heterocycles. The molecule has 0 spiro atoms. The van der Waals surface area contributed by atoms with Crippen LogP contribution >= 0.6 is 31.9 Å². The van der Waals surface area contributed by atoms with E-state index in [0.717, 1.165) is 93.2 Å². The van der Waals surface area contributed by atoms with E-state index in [4.69, 9.17) is 0 Å². The molecule has 0 radical (unpaired) electrons. The van der Waals surface area contributed by atoms with Crippen LogP contribution in [0, 0.1) is 69.0 Å². The van der Waals surface area contributed by atoms with E-state index in [1.54, 1.807) is 0 Å². The molecule has 7 aliphatic rings. The van der Waals surface area contributed by atoms with Gasteiger partial charge in [-0.1, -0.05) is 115 Å². The molecule has 4 heteroatoms. The monoisotopic (exact) mass is 931 g/mol. The van der Waals surface area contributed by atoms with Crippen molar-refractivity contribution in [1.29, 1.82) is 0 Å². The maximum atomic E-state index is 4.14. The highest BCUT2D eigenvalue weighted by Gasteiger charge is 2.60. The second kappa shape index (κ2) is 18.4. The summed E-state index contributed by atoms with van der Waals surface area (Å²) in [7, 11) is 0. The van der Waals surface area contributed by atoms with Crippen LogP contribution in [0.15, 0.2) is 0 Å². The fourth-order valence-electron chi connectivity index (χ4n) is 15.9. The standard InChI is InChI=1S/C54H96Br2N2/c1-51(2,3)35-13-23-41(24-14-35)57(43-27-19-39(55)20-28-43)49-45-31-17-38(54(10,11)12)34-48(45)50(46-32-18-37(33-47(46)49)53(7,8)9)58(44-29-21-40(56)22-30-44)42-25-15-36(16-26-42)52(4,5)6/h35-50H,13-34H2,1-12H3. The van der Waals surface area contributed by atoms with Gasteiger partial charge in [0, 0.05) is 45.9 Å². The van der Waals surface area contributed by atoms with Crippen LogP contribution in [0.1, 0.15) is 224 Å². The lowest BCUT2D eigenvalue weighted by Gasteiger charge is -2.66. The van der Waals surface area contributed by atoms with Gasteiger partial charge in [-0.2, -0.15) is 0 Å². The summed E-state index contributed by atoms with van der Waals surface area (Å²) in [5, 5.41) is 0. The van der Waals surface area contributed by atoms with E-state index in [1.807, 2.05) is 0 Å². The number of hydrogen-bond acceptors (Lipinski definition) is 2. The van der Waals surface area contributed by atoms with E-state index in [-0.39, 0.29) is 0 Å². The van der Waals surface area contributed by atoms with Crippen LogP contribution in [0.3, 0.4) is 0 Å². The molecule has 8 atom stereocenters. The first-order valence-electron chi connectivity index (χ1n) is 25.9. The lowest BCUT2D eigenvalue weighted by Crippen LogP contribution is -2.70. The van der Waals surface area contributed by atoms with E-state index in [1.165, 1.54) is 141 Å². The van der Waals surface area contributed by atoms with Crippen molar-refractivity contribution in [2.45, 2.75) is 270 Å². The predicted octanol–water partition coefficient (Wildman–Crippen LogP) is 16.1. The zero-order valence-corrected chi connectivity index (χ0v) is 43.6. The molecule has 7 rings (SSSR count). The number of halogens is 2. The average Bonchev–Trinajstić information content (AvgIpc) is 3.15. The molecule has 0 N–H and O–H groups in total. The first-order valence-corrected chi connectivity index (χ1v) is 27.8. The smallest absolute Gasteiger partial charge is 0.0164 e. The molecule has 8 unspecified atom stereocenters. The molecule has 0 heterocycles. The Morgan fingerprint density at radius 3 is 0.793 bits per heavy atom. The average molecular weight is 933 g/mol. The third-order valence-electron chi connectivity index (χ3n) is 19.6. The minimum Gasteiger partial charge on any atom is -0.294 e. The summed E-state index contributed by atoms with van der Waals surface area (Å²) in [4.78, 5) is 8.41. The molecule has 0 amide bonds. The quantitative estimate of drug-likeness (QED) is 0.245. The van der Waals surface area contributed by atoms with Crippen molar-refractivity contribution >= 4 is 31.9 Å². The zero-order chi connectivity index (χ0) is 41.9. The summed E-state index contributed by atoms with van der Waals surface area (Å²) in [5.74, 6) is 6.94. The van der Waals surface area contributed by atoms with Crippen LogP contribution < -0.4 is 0 Å². The lowest BCUT2D eigenvalue weighted by atomic mass is 9.49. The summed E-state index contributed by atoms with van der Waals surface area (Å²) < 4.78 is 0. The highest BCUT2D eigenvalue weighted by molar-refractivity contribution is 9.09. The fraction of sp³-hybridized carbons (Fsp3) is 1.00. The molecule has 7 fully saturated rings. The van der Waals surface area contributed by atoms with Gasteiger partial charge in [0.05, 0.1) is 0 Å². The molecule has 0 aliphatic heterocycles. The van der Waals surface area contributed by atoms with Crippen molar-refractivity contribution in [3.63, 3.8) is 0 Å². The van der Waals surface area contributed by atoms with Crippen molar-refractivity contribution in [2.24, 2.45) is 69.0 Å². The Hall–Kier alpha value is 0.880. The molecule has 7 saturated carbocycles. The van der Waals surface area contributed by atoms with Crippen molar-refractivity contribution in [3.05, 3.63) is 0 Å². The normalized spacial score (nSPS) is 43.9. The van der Waals surface area contributed by atoms with Crippen LogP contribution in [-0.2, 0) is 0 Å². The lowest BCUT2D eigenvalue weighted by molar-refractivity contribution is -0.166. The van der Waals surface area contributed by atoms with Crippen LogP contribution in [-0.4, -0.2) is 55.7 Å². The third kappa shape index (κ3) is 10.4. The van der Waals surface area contributed by atoms with Gasteiger partial charge in [0.1, 0.15) is 0 Å². The van der Waals surface area contributed by atoms with Gasteiger partial charge in [-0.05, 0) is 210 Å². The van der Waals surface area contributed by atoms with Gasteiger partial charge in [-0.25, -0.2) is 0 Å². The fourth-order valence-corrected chi connectivity index (χ4v) is 17.0. The summed E-state index contributed by atoms with van der Waals surface area (Å²) in [6, 6.07) is 4.77. The molecule has 0 aromatic carbocycles. The Balaban J connectivity index is 1.33. The van der Waals surface area contributed by atoms with E-state index >= 15 is 0 Å². The van der Waals surface area contributed by atoms with Crippen molar-refractivity contribution in [3.8, 4) is 0 Å². The molecule has 58 heavy (non-hydrogen) atoms. The molecule has 336 valence electrons. The molecular formula is C54H96Br2N2. The summed E-state index contributed by atoms with van der Waals surface area (Å²) in [6.07, 6.45) is 31.8. The Bertz CT molecular complexity index is 1180. The Kier molecular flexibility index (Phi) is 14.9. The van der Waals surface area contributed by atoms with Crippen LogP contribution in [0.25, 0.3) is 0 Å². The molecular weight excluding hydrogens is 836 g/mol. The molecule has 2 nitrogen and oxygen atoms in total. The van der Waals surface area contributed by atoms with Crippen LogP contribution in [0.5, 0.6) is 0 Å². The van der Waals surface area contributed by atoms with Gasteiger partial charge in [0.2, 0.25) is 0 Å². The van der Waals surface area contributed by atoms with Gasteiger partial charge in [-0.3, -0.25) is 9.80 Å². The zero-order valence-electron chi connectivity index (χ0n) is 40.4. The Morgan fingerprint density at radius 1 is 0.293 bits per heavy atom. The number of hydrogen-bond donors (Lipinski definition) is 0. The number of fused-ring (bicyclic) bond motifs is 2. The van der Waals surface area contributed by atoms with Gasteiger partial charge < -0.3 is 0 Å². The summed E-state index contributed by atoms with van der Waals surface area (Å²) in [5.41, 5.74) is 1.68. The summed E-state index contributed by atoms with van der Waals surface area (Å²) >= 11 is 8.29. The second-order valence-electron chi connectivity index (χ2n) is 26.8. The predicted molar refractivity (Wildman–Crippen MR) is 259 cm³/mol. The van der Waals surface area contributed by atoms with Gasteiger partial charge >= 0.3 is 0 Å². The van der Waals surface area contributed by atoms with E-state index in [2.05, 4.69) is 125 Å². The molecule has 0 bridgehead atoms. The molecule has 0 aromatic rings. The topological polar surface area (TPSA) is 6.48 Å². The van der Waals surface area contributed by atoms with Gasteiger partial charge in [0.25, 0.3) is 0 Å². The Labute approximate surface area is 378 Å². The van der Waals surface area contributed by atoms with Crippen LogP contribution in [0.4, 0.5) is 0 Å². The minimum atomic E-state index is 0.397. The SMILES string of the molecule is CC(C)(C)C1CCC(N(C2CCC(Br)CC2)C2C3CCC(C(C)(C)C)CC3C(N(C3CCC(Br)CC3)C3CCC(C(C)(C)C)CC3)C3CCC(C(C)(C)C)CC32)CC1. The number of nitrogens with zero attached hydrogens (tertiary/aromatic N) is 2. The van der Waals surface area contributed by atoms with Gasteiger partial charge in [0.15, 0.2) is 0 Å². The largest absolute Gasteiger partial charge is 0.294 e. The van der Waals surface area contributed by atoms with E-state index in [9.17, 15) is 0 Å². The van der Waals surface area contributed by atoms with Gasteiger partial charge in [-0.15, -0.1) is 0 Å².